The Morgan fingerprint density at radius 1 is 0.486 bits per heavy atom. The van der Waals surface area contributed by atoms with Gasteiger partial charge in [-0.2, -0.15) is 0 Å². The molecular formula is C30H20Cl2O2S. The molecule has 2 nitrogen and oxygen atoms in total. The molecule has 0 bridgehead atoms. The van der Waals surface area contributed by atoms with E-state index in [1.54, 1.807) is 60.7 Å². The van der Waals surface area contributed by atoms with E-state index in [-0.39, 0.29) is 11.6 Å². The molecule has 0 aliphatic rings. The van der Waals surface area contributed by atoms with E-state index in [1.165, 1.54) is 11.8 Å². The third-order valence-corrected chi connectivity index (χ3v) is 6.77. The quantitative estimate of drug-likeness (QED) is 0.174. The van der Waals surface area contributed by atoms with Crippen LogP contribution in [0.5, 0.6) is 0 Å². The highest BCUT2D eigenvalue weighted by molar-refractivity contribution is 8.16. The van der Waals surface area contributed by atoms with Crippen molar-refractivity contribution in [3.05, 3.63) is 154 Å². The van der Waals surface area contributed by atoms with Crippen molar-refractivity contribution in [2.75, 3.05) is 0 Å². The summed E-state index contributed by atoms with van der Waals surface area (Å²) in [5, 5.41) is 1.14. The molecule has 0 saturated carbocycles. The minimum Gasteiger partial charge on any atom is -0.289 e. The first-order chi connectivity index (χ1) is 17.0. The number of ketones is 2. The summed E-state index contributed by atoms with van der Waals surface area (Å²) in [7, 11) is 0. The molecule has 0 atom stereocenters. The first-order valence-electron chi connectivity index (χ1n) is 10.8. The lowest BCUT2D eigenvalue weighted by molar-refractivity contribution is 0.103. The fourth-order valence-corrected chi connectivity index (χ4v) is 4.63. The van der Waals surface area contributed by atoms with Gasteiger partial charge in [-0.05, 0) is 59.7 Å². The molecule has 172 valence electrons. The van der Waals surface area contributed by atoms with Gasteiger partial charge in [0.1, 0.15) is 0 Å². The van der Waals surface area contributed by atoms with Gasteiger partial charge in [-0.1, -0.05) is 95.6 Å². The Balaban J connectivity index is 1.75. The number of hydrogen-bond acceptors (Lipinski definition) is 3. The van der Waals surface area contributed by atoms with Gasteiger partial charge in [0.2, 0.25) is 0 Å². The van der Waals surface area contributed by atoms with Crippen molar-refractivity contribution in [3.8, 4) is 0 Å². The Labute approximate surface area is 218 Å². The lowest BCUT2D eigenvalue weighted by Crippen LogP contribution is -1.97. The Morgan fingerprint density at radius 3 is 1.17 bits per heavy atom. The van der Waals surface area contributed by atoms with Gasteiger partial charge in [-0.25, -0.2) is 0 Å². The van der Waals surface area contributed by atoms with E-state index in [4.69, 9.17) is 23.2 Å². The highest BCUT2D eigenvalue weighted by Crippen LogP contribution is 2.39. The molecule has 35 heavy (non-hydrogen) atoms. The van der Waals surface area contributed by atoms with Crippen LogP contribution in [0.1, 0.15) is 31.8 Å². The number of benzene rings is 4. The summed E-state index contributed by atoms with van der Waals surface area (Å²) in [5.41, 5.74) is 2.82. The van der Waals surface area contributed by atoms with Crippen LogP contribution in [0.2, 0.25) is 10.0 Å². The molecular weight excluding hydrogens is 495 g/mol. The summed E-state index contributed by atoms with van der Waals surface area (Å²) in [6.07, 6.45) is 3.21. The van der Waals surface area contributed by atoms with Gasteiger partial charge in [0.05, 0.1) is 0 Å². The van der Waals surface area contributed by atoms with Crippen molar-refractivity contribution in [1.29, 1.82) is 0 Å². The predicted molar refractivity (Wildman–Crippen MR) is 148 cm³/mol. The van der Waals surface area contributed by atoms with Gasteiger partial charge < -0.3 is 0 Å². The molecule has 0 fully saturated rings. The molecule has 0 saturated heterocycles. The maximum atomic E-state index is 13.1. The molecule has 4 rings (SSSR count). The predicted octanol–water partition coefficient (Wildman–Crippen LogP) is 8.87. The van der Waals surface area contributed by atoms with Gasteiger partial charge in [0.25, 0.3) is 0 Å². The summed E-state index contributed by atoms with van der Waals surface area (Å²) in [5.74, 6) is -0.297. The van der Waals surface area contributed by atoms with Crippen molar-refractivity contribution in [2.45, 2.75) is 0 Å². The van der Waals surface area contributed by atoms with Gasteiger partial charge in [0.15, 0.2) is 11.6 Å². The molecule has 0 unspecified atom stereocenters. The second-order valence-corrected chi connectivity index (χ2v) is 9.55. The number of allylic oxidation sites excluding steroid dienone is 2. The third-order valence-electron chi connectivity index (χ3n) is 5.12. The molecule has 0 aliphatic heterocycles. The largest absolute Gasteiger partial charge is 0.289 e. The van der Waals surface area contributed by atoms with Crippen LogP contribution in [0.4, 0.5) is 0 Å². The Morgan fingerprint density at radius 2 is 0.829 bits per heavy atom. The zero-order valence-corrected chi connectivity index (χ0v) is 20.9. The SMILES string of the molecule is O=C(/C=C(\S/C(=C/C(=O)c1ccc(Cl)cc1)c1ccccc1)c1ccccc1)c1ccc(Cl)cc1. The molecule has 5 heteroatoms. The lowest BCUT2D eigenvalue weighted by Gasteiger charge is -2.12. The minimum atomic E-state index is -0.149. The third kappa shape index (κ3) is 6.83. The summed E-state index contributed by atoms with van der Waals surface area (Å²) >= 11 is 13.3. The van der Waals surface area contributed by atoms with Crippen LogP contribution in [0.3, 0.4) is 0 Å². The summed E-state index contributed by atoms with van der Waals surface area (Å²) in [6, 6.07) is 32.9. The average Bonchev–Trinajstić information content (AvgIpc) is 2.89. The van der Waals surface area contributed by atoms with Crippen LogP contribution >= 0.6 is 35.0 Å². The highest BCUT2D eigenvalue weighted by atomic mass is 35.5. The Hall–Kier alpha value is -3.37. The summed E-state index contributed by atoms with van der Waals surface area (Å²) < 4.78 is 0. The minimum absolute atomic E-state index is 0.149. The van der Waals surface area contributed by atoms with E-state index in [1.807, 2.05) is 60.7 Å². The van der Waals surface area contributed by atoms with Crippen molar-refractivity contribution < 1.29 is 9.59 Å². The molecule has 0 radical (unpaired) electrons. The molecule has 0 spiro atoms. The molecule has 0 aromatic heterocycles. The molecule has 0 N–H and O–H groups in total. The van der Waals surface area contributed by atoms with Crippen LogP contribution in [-0.4, -0.2) is 11.6 Å². The van der Waals surface area contributed by atoms with E-state index >= 15 is 0 Å². The number of carbonyl (C=O) groups excluding carboxylic acids is 2. The molecule has 0 amide bonds. The molecule has 0 heterocycles. The maximum Gasteiger partial charge on any atom is 0.186 e. The van der Waals surface area contributed by atoms with Crippen molar-refractivity contribution in [1.82, 2.24) is 0 Å². The normalized spacial score (nSPS) is 11.8. The average molecular weight is 515 g/mol. The summed E-state index contributed by atoms with van der Waals surface area (Å²) in [6.45, 7) is 0. The van der Waals surface area contributed by atoms with E-state index in [0.717, 1.165) is 20.9 Å². The van der Waals surface area contributed by atoms with E-state index < -0.39 is 0 Å². The smallest absolute Gasteiger partial charge is 0.186 e. The second kappa shape index (κ2) is 11.9. The monoisotopic (exact) mass is 514 g/mol. The maximum absolute atomic E-state index is 13.1. The summed E-state index contributed by atoms with van der Waals surface area (Å²) in [4.78, 5) is 27.7. The van der Waals surface area contributed by atoms with Crippen molar-refractivity contribution in [3.63, 3.8) is 0 Å². The zero-order chi connectivity index (χ0) is 24.6. The number of halogens is 2. The van der Waals surface area contributed by atoms with Crippen LogP contribution < -0.4 is 0 Å². The molecule has 4 aromatic carbocycles. The standard InChI is InChI=1S/C30H20Cl2O2S/c31-25-15-11-21(12-16-25)27(33)19-29(23-7-3-1-4-8-23)35-30(24-9-5-2-6-10-24)20-28(34)22-13-17-26(32)18-14-22/h1-20H/b29-19-,30-20+. The number of hydrogen-bond donors (Lipinski definition) is 0. The van der Waals surface area contributed by atoms with E-state index in [2.05, 4.69) is 0 Å². The zero-order valence-electron chi connectivity index (χ0n) is 18.5. The van der Waals surface area contributed by atoms with Crippen molar-refractivity contribution in [2.24, 2.45) is 0 Å². The van der Waals surface area contributed by atoms with E-state index in [9.17, 15) is 9.59 Å². The van der Waals surface area contributed by atoms with E-state index in [0.29, 0.717) is 21.2 Å². The fraction of sp³-hybridized carbons (Fsp3) is 0. The van der Waals surface area contributed by atoms with Crippen LogP contribution in [0, 0.1) is 0 Å². The Bertz CT molecular complexity index is 1270. The number of thioether (sulfide) groups is 1. The molecule has 0 aliphatic carbocycles. The second-order valence-electron chi connectivity index (χ2n) is 7.59. The van der Waals surface area contributed by atoms with Crippen LogP contribution in [0.15, 0.2) is 121 Å². The lowest BCUT2D eigenvalue weighted by atomic mass is 10.1. The van der Waals surface area contributed by atoms with Gasteiger partial charge in [-0.3, -0.25) is 9.59 Å². The van der Waals surface area contributed by atoms with Gasteiger partial charge in [0, 0.05) is 43.1 Å². The Kier molecular flexibility index (Phi) is 8.38. The topological polar surface area (TPSA) is 34.1 Å². The number of carbonyl (C=O) groups is 2. The van der Waals surface area contributed by atoms with Crippen molar-refractivity contribution >= 4 is 56.3 Å². The van der Waals surface area contributed by atoms with Crippen LogP contribution in [-0.2, 0) is 0 Å². The molecule has 4 aromatic rings. The first kappa shape index (κ1) is 24.7. The van der Waals surface area contributed by atoms with Crippen LogP contribution in [0.25, 0.3) is 9.81 Å². The number of rotatable bonds is 8. The first-order valence-corrected chi connectivity index (χ1v) is 12.4. The van der Waals surface area contributed by atoms with Gasteiger partial charge in [-0.15, -0.1) is 0 Å². The highest BCUT2D eigenvalue weighted by Gasteiger charge is 2.14. The van der Waals surface area contributed by atoms with Gasteiger partial charge >= 0.3 is 0 Å². The fourth-order valence-electron chi connectivity index (χ4n) is 3.30.